The molecule has 0 aromatic rings. The van der Waals surface area contributed by atoms with Crippen molar-refractivity contribution in [2.24, 2.45) is 0 Å². The van der Waals surface area contributed by atoms with Crippen LogP contribution in [0.2, 0.25) is 0 Å². The van der Waals surface area contributed by atoms with Gasteiger partial charge in [0.1, 0.15) is 0 Å². The fourth-order valence-corrected chi connectivity index (χ4v) is 0.274. The summed E-state index contributed by atoms with van der Waals surface area (Å²) >= 11 is 0. The molecule has 0 aromatic carbocycles. The van der Waals surface area contributed by atoms with Crippen LogP contribution in [0, 0.1) is 0 Å². The summed E-state index contributed by atoms with van der Waals surface area (Å²) in [6, 6.07) is 0. The van der Waals surface area contributed by atoms with Crippen LogP contribution in [0.3, 0.4) is 0 Å². The number of allylic oxidation sites excluding steroid dienone is 1. The lowest BCUT2D eigenvalue weighted by Crippen LogP contribution is -1.81. The fourth-order valence-electron chi connectivity index (χ4n) is 0.274. The van der Waals surface area contributed by atoms with E-state index in [0.717, 1.165) is 5.57 Å². The lowest BCUT2D eigenvalue weighted by atomic mass is 10.3. The van der Waals surface area contributed by atoms with Gasteiger partial charge >= 0.3 is 0 Å². The molecule has 1 heteroatoms. The Morgan fingerprint density at radius 1 is 1.36 bits per heavy atom. The standard InChI is InChI=1S/C6H10O.C2H6.C2H4/c1-3-6(4-2)5-7;2*1-2/h3-4,7H,1,5H2,2H3;1-2H3;1-2H2/b6-4+;;. The van der Waals surface area contributed by atoms with Gasteiger partial charge in [0.05, 0.1) is 6.61 Å². The molecule has 0 aliphatic rings. The van der Waals surface area contributed by atoms with E-state index in [2.05, 4.69) is 19.7 Å². The zero-order chi connectivity index (χ0) is 9.70. The van der Waals surface area contributed by atoms with Crippen LogP contribution in [0.5, 0.6) is 0 Å². The van der Waals surface area contributed by atoms with Crippen molar-refractivity contribution >= 4 is 0 Å². The zero-order valence-electron chi connectivity index (χ0n) is 7.93. The highest BCUT2D eigenvalue weighted by molar-refractivity contribution is 5.14. The van der Waals surface area contributed by atoms with Crippen LogP contribution in [0.4, 0.5) is 0 Å². The highest BCUT2D eigenvalue weighted by Crippen LogP contribution is 1.89. The maximum absolute atomic E-state index is 8.39. The van der Waals surface area contributed by atoms with Crippen LogP contribution in [0.1, 0.15) is 20.8 Å². The molecule has 0 bridgehead atoms. The Hall–Kier alpha value is -0.820. The van der Waals surface area contributed by atoms with Crippen LogP contribution in [0.15, 0.2) is 37.5 Å². The van der Waals surface area contributed by atoms with Crippen molar-refractivity contribution in [1.29, 1.82) is 0 Å². The fraction of sp³-hybridized carbons (Fsp3) is 0.400. The summed E-state index contributed by atoms with van der Waals surface area (Å²) in [6.07, 6.45) is 3.47. The monoisotopic (exact) mass is 156 g/mol. The van der Waals surface area contributed by atoms with Crippen molar-refractivity contribution < 1.29 is 5.11 Å². The van der Waals surface area contributed by atoms with Gasteiger partial charge in [-0.1, -0.05) is 32.6 Å². The van der Waals surface area contributed by atoms with Gasteiger partial charge in [-0.05, 0) is 12.5 Å². The highest BCUT2D eigenvalue weighted by atomic mass is 16.3. The van der Waals surface area contributed by atoms with Crippen LogP contribution in [0.25, 0.3) is 0 Å². The molecule has 0 aromatic heterocycles. The SMILES string of the molecule is C=C.C=C/C(=C\C)CO.CC. The van der Waals surface area contributed by atoms with Gasteiger partial charge in [0.15, 0.2) is 0 Å². The number of aliphatic hydroxyl groups excluding tert-OH is 1. The molecule has 0 saturated heterocycles. The van der Waals surface area contributed by atoms with E-state index in [0.29, 0.717) is 0 Å². The van der Waals surface area contributed by atoms with E-state index in [9.17, 15) is 0 Å². The van der Waals surface area contributed by atoms with E-state index < -0.39 is 0 Å². The van der Waals surface area contributed by atoms with E-state index in [1.165, 1.54) is 0 Å². The Morgan fingerprint density at radius 3 is 1.73 bits per heavy atom. The number of hydrogen-bond donors (Lipinski definition) is 1. The van der Waals surface area contributed by atoms with E-state index in [1.807, 2.05) is 26.8 Å². The molecule has 0 amide bonds. The van der Waals surface area contributed by atoms with E-state index >= 15 is 0 Å². The van der Waals surface area contributed by atoms with Gasteiger partial charge in [-0.15, -0.1) is 13.2 Å². The molecule has 66 valence electrons. The molecule has 0 unspecified atom stereocenters. The zero-order valence-corrected chi connectivity index (χ0v) is 7.93. The first-order valence-corrected chi connectivity index (χ1v) is 3.73. The molecule has 0 atom stereocenters. The van der Waals surface area contributed by atoms with Crippen LogP contribution >= 0.6 is 0 Å². The van der Waals surface area contributed by atoms with Crippen molar-refractivity contribution in [3.05, 3.63) is 37.5 Å². The minimum Gasteiger partial charge on any atom is -0.392 e. The van der Waals surface area contributed by atoms with E-state index in [4.69, 9.17) is 5.11 Å². The van der Waals surface area contributed by atoms with Gasteiger partial charge in [0.2, 0.25) is 0 Å². The van der Waals surface area contributed by atoms with Gasteiger partial charge in [-0.2, -0.15) is 0 Å². The van der Waals surface area contributed by atoms with Crippen molar-refractivity contribution in [2.75, 3.05) is 6.61 Å². The van der Waals surface area contributed by atoms with E-state index in [1.54, 1.807) is 6.08 Å². The van der Waals surface area contributed by atoms with Gasteiger partial charge < -0.3 is 5.11 Å². The number of hydrogen-bond acceptors (Lipinski definition) is 1. The smallest absolute Gasteiger partial charge is 0.0678 e. The largest absolute Gasteiger partial charge is 0.392 e. The quantitative estimate of drug-likeness (QED) is 0.481. The number of aliphatic hydroxyl groups is 1. The van der Waals surface area contributed by atoms with Crippen LogP contribution in [-0.2, 0) is 0 Å². The Bertz CT molecular complexity index is 93.0. The Labute approximate surface area is 70.8 Å². The summed E-state index contributed by atoms with van der Waals surface area (Å²) in [7, 11) is 0. The molecule has 0 heterocycles. The van der Waals surface area contributed by atoms with Gasteiger partial charge in [0, 0.05) is 0 Å². The molecule has 1 nitrogen and oxygen atoms in total. The second-order valence-electron chi connectivity index (χ2n) is 1.23. The molecule has 0 aliphatic carbocycles. The van der Waals surface area contributed by atoms with Crippen molar-refractivity contribution in [1.82, 2.24) is 0 Å². The molecular formula is C10H20O. The third-order valence-corrected chi connectivity index (χ3v) is 0.816. The Morgan fingerprint density at radius 2 is 1.73 bits per heavy atom. The summed E-state index contributed by atoms with van der Waals surface area (Å²) in [4.78, 5) is 0. The summed E-state index contributed by atoms with van der Waals surface area (Å²) in [5.41, 5.74) is 0.875. The van der Waals surface area contributed by atoms with Crippen LogP contribution < -0.4 is 0 Å². The molecular weight excluding hydrogens is 136 g/mol. The predicted molar refractivity (Wildman–Crippen MR) is 53.6 cm³/mol. The average molecular weight is 156 g/mol. The first-order chi connectivity index (χ1) is 5.35. The highest BCUT2D eigenvalue weighted by Gasteiger charge is 1.78. The molecule has 0 fully saturated rings. The second-order valence-corrected chi connectivity index (χ2v) is 1.23. The first kappa shape index (κ1) is 16.6. The van der Waals surface area contributed by atoms with E-state index in [-0.39, 0.29) is 6.61 Å². The summed E-state index contributed by atoms with van der Waals surface area (Å²) in [5.74, 6) is 0. The third kappa shape index (κ3) is 17.6. The molecule has 0 saturated carbocycles. The van der Waals surface area contributed by atoms with Gasteiger partial charge in [0.25, 0.3) is 0 Å². The topological polar surface area (TPSA) is 20.2 Å². The summed E-state index contributed by atoms with van der Waals surface area (Å²) in [6.45, 7) is 15.4. The maximum Gasteiger partial charge on any atom is 0.0678 e. The first-order valence-electron chi connectivity index (χ1n) is 3.73. The lowest BCUT2D eigenvalue weighted by molar-refractivity contribution is 0.335. The Kier molecular flexibility index (Phi) is 34.6. The third-order valence-electron chi connectivity index (χ3n) is 0.816. The predicted octanol–water partition coefficient (Wildman–Crippen LogP) is 2.94. The number of rotatable bonds is 2. The summed E-state index contributed by atoms with van der Waals surface area (Å²) < 4.78 is 0. The molecule has 0 spiro atoms. The molecule has 0 aliphatic heterocycles. The van der Waals surface area contributed by atoms with Gasteiger partial charge in [-0.3, -0.25) is 0 Å². The van der Waals surface area contributed by atoms with Crippen molar-refractivity contribution in [3.63, 3.8) is 0 Å². The molecule has 1 N–H and O–H groups in total. The minimum atomic E-state index is 0.0972. The molecule has 0 radical (unpaired) electrons. The second kappa shape index (κ2) is 22.9. The molecule has 11 heavy (non-hydrogen) atoms. The van der Waals surface area contributed by atoms with Gasteiger partial charge in [-0.25, -0.2) is 0 Å². The van der Waals surface area contributed by atoms with Crippen molar-refractivity contribution in [3.8, 4) is 0 Å². The average Bonchev–Trinajstić information content (AvgIpc) is 2.14. The summed E-state index contributed by atoms with van der Waals surface area (Å²) in [5, 5.41) is 8.39. The maximum atomic E-state index is 8.39. The Balaban J connectivity index is -0.000000138. The van der Waals surface area contributed by atoms with Crippen LogP contribution in [-0.4, -0.2) is 11.7 Å². The molecule has 0 rings (SSSR count). The normalized spacial score (nSPS) is 8.18. The van der Waals surface area contributed by atoms with Crippen molar-refractivity contribution in [2.45, 2.75) is 20.8 Å². The lowest BCUT2D eigenvalue weighted by Gasteiger charge is -1.87. The minimum absolute atomic E-state index is 0.0972.